The van der Waals surface area contributed by atoms with Gasteiger partial charge in [-0.15, -0.1) is 0 Å². The van der Waals surface area contributed by atoms with Crippen LogP contribution >= 0.6 is 0 Å². The van der Waals surface area contributed by atoms with Crippen LogP contribution in [0.3, 0.4) is 0 Å². The molecule has 0 spiro atoms. The molecule has 1 saturated heterocycles. The fraction of sp³-hybridized carbons (Fsp3) is 0.545. The van der Waals surface area contributed by atoms with Crippen LogP contribution in [0.15, 0.2) is 18.3 Å². The molecule has 0 bridgehead atoms. The molecule has 0 saturated carbocycles. The Bertz CT molecular complexity index is 1050. The van der Waals surface area contributed by atoms with Gasteiger partial charge in [-0.05, 0) is 58.5 Å². The van der Waals surface area contributed by atoms with E-state index < -0.39 is 0 Å². The number of hydrogen-bond acceptors (Lipinski definition) is 8. The van der Waals surface area contributed by atoms with E-state index in [4.69, 9.17) is 19.8 Å². The monoisotopic (exact) mass is 424 g/mol. The Balaban J connectivity index is 1.77. The summed E-state index contributed by atoms with van der Waals surface area (Å²) in [6.07, 6.45) is 2.90. The van der Waals surface area contributed by atoms with Crippen LogP contribution in [0.5, 0.6) is 0 Å². The zero-order valence-electron chi connectivity index (χ0n) is 19.1. The van der Waals surface area contributed by atoms with Gasteiger partial charge in [0.05, 0.1) is 18.8 Å². The lowest BCUT2D eigenvalue weighted by Gasteiger charge is -2.25. The summed E-state index contributed by atoms with van der Waals surface area (Å²) in [6, 6.07) is 4.38. The summed E-state index contributed by atoms with van der Waals surface area (Å²) in [5, 5.41) is 8.16. The highest BCUT2D eigenvalue weighted by Crippen LogP contribution is 2.29. The quantitative estimate of drug-likeness (QED) is 0.553. The summed E-state index contributed by atoms with van der Waals surface area (Å²) in [4.78, 5) is 18.9. The zero-order chi connectivity index (χ0) is 22.0. The number of likely N-dealkylation sites (tertiary alicyclic amines) is 1. The molecule has 1 fully saturated rings. The van der Waals surface area contributed by atoms with Gasteiger partial charge in [-0.25, -0.2) is 9.97 Å². The lowest BCUT2D eigenvalue weighted by atomic mass is 10.2. The van der Waals surface area contributed by atoms with Crippen LogP contribution in [0.1, 0.15) is 24.6 Å². The maximum Gasteiger partial charge on any atom is 0.228 e. The van der Waals surface area contributed by atoms with Crippen molar-refractivity contribution in [3.63, 3.8) is 0 Å². The second-order valence-corrected chi connectivity index (χ2v) is 8.23. The predicted molar refractivity (Wildman–Crippen MR) is 123 cm³/mol. The molecular weight excluding hydrogens is 392 g/mol. The van der Waals surface area contributed by atoms with Crippen LogP contribution < -0.4 is 10.2 Å². The molecule has 9 nitrogen and oxygen atoms in total. The van der Waals surface area contributed by atoms with E-state index in [1.165, 1.54) is 0 Å². The number of fused-ring (bicyclic) bond motifs is 1. The molecule has 0 unspecified atom stereocenters. The molecule has 0 radical (unpaired) electrons. The van der Waals surface area contributed by atoms with Crippen LogP contribution in [0.4, 0.5) is 17.6 Å². The highest BCUT2D eigenvalue weighted by molar-refractivity contribution is 5.90. The standard InChI is InChI=1S/C22H32N8O/c1-6-31-12-11-30-20-19(16(3)27-30)25-22(29(5)17-8-10-28(4)14-17)26-21(20)24-18-13-15(2)7-9-23-18/h7,9,13,17H,6,8,10-12,14H2,1-5H3,(H,23,24,25,26)/t17-/m1/s1. The second-order valence-electron chi connectivity index (χ2n) is 8.23. The van der Waals surface area contributed by atoms with Gasteiger partial charge in [-0.1, -0.05) is 0 Å². The van der Waals surface area contributed by atoms with Crippen molar-refractivity contribution < 1.29 is 4.74 Å². The molecule has 0 aromatic carbocycles. The lowest BCUT2D eigenvalue weighted by molar-refractivity contribution is 0.137. The molecule has 3 aromatic rings. The van der Waals surface area contributed by atoms with Gasteiger partial charge in [0.2, 0.25) is 5.95 Å². The Kier molecular flexibility index (Phi) is 6.33. The average molecular weight is 425 g/mol. The first-order chi connectivity index (χ1) is 15.0. The molecular formula is C22H32N8O. The number of likely N-dealkylation sites (N-methyl/N-ethyl adjacent to an activating group) is 2. The van der Waals surface area contributed by atoms with E-state index in [0.29, 0.717) is 37.6 Å². The van der Waals surface area contributed by atoms with E-state index in [0.717, 1.165) is 47.6 Å². The number of pyridine rings is 1. The summed E-state index contributed by atoms with van der Waals surface area (Å²) in [7, 11) is 4.23. The molecule has 1 atom stereocenters. The molecule has 4 heterocycles. The van der Waals surface area contributed by atoms with E-state index in [-0.39, 0.29) is 0 Å². The summed E-state index contributed by atoms with van der Waals surface area (Å²) in [5.41, 5.74) is 3.75. The molecule has 1 aliphatic heterocycles. The Labute approximate surface area is 183 Å². The van der Waals surface area contributed by atoms with Gasteiger partial charge in [0, 0.05) is 32.4 Å². The van der Waals surface area contributed by atoms with Crippen LogP contribution in [-0.2, 0) is 11.3 Å². The number of anilines is 3. The van der Waals surface area contributed by atoms with Crippen molar-refractivity contribution in [3.05, 3.63) is 29.6 Å². The molecule has 4 rings (SSSR count). The van der Waals surface area contributed by atoms with Gasteiger partial charge in [-0.2, -0.15) is 10.1 Å². The van der Waals surface area contributed by atoms with Gasteiger partial charge in [0.25, 0.3) is 0 Å². The third kappa shape index (κ3) is 4.62. The number of nitrogens with one attached hydrogen (secondary N) is 1. The van der Waals surface area contributed by atoms with E-state index in [2.05, 4.69) is 41.1 Å². The number of aromatic nitrogens is 5. The van der Waals surface area contributed by atoms with Gasteiger partial charge in [0.15, 0.2) is 5.82 Å². The summed E-state index contributed by atoms with van der Waals surface area (Å²) in [6.45, 7) is 10.0. The van der Waals surface area contributed by atoms with Crippen molar-refractivity contribution in [2.75, 3.05) is 50.6 Å². The number of ether oxygens (including phenoxy) is 1. The number of rotatable bonds is 8. The maximum atomic E-state index is 5.56. The molecule has 1 aliphatic rings. The van der Waals surface area contributed by atoms with Crippen molar-refractivity contribution in [1.29, 1.82) is 0 Å². The van der Waals surface area contributed by atoms with E-state index in [1.807, 2.05) is 30.7 Å². The maximum absolute atomic E-state index is 5.56. The summed E-state index contributed by atoms with van der Waals surface area (Å²) < 4.78 is 7.50. The van der Waals surface area contributed by atoms with Crippen molar-refractivity contribution >= 4 is 28.6 Å². The average Bonchev–Trinajstić information content (AvgIpc) is 3.31. The predicted octanol–water partition coefficient (Wildman–Crippen LogP) is 2.76. The lowest BCUT2D eigenvalue weighted by Crippen LogP contribution is -2.35. The second kappa shape index (κ2) is 9.15. The topological polar surface area (TPSA) is 84.2 Å². The van der Waals surface area contributed by atoms with Gasteiger partial charge < -0.3 is 19.9 Å². The van der Waals surface area contributed by atoms with E-state index in [1.54, 1.807) is 6.20 Å². The Hall–Kier alpha value is -2.78. The van der Waals surface area contributed by atoms with Crippen molar-refractivity contribution in [2.24, 2.45) is 0 Å². The summed E-state index contributed by atoms with van der Waals surface area (Å²) in [5.74, 6) is 2.17. The van der Waals surface area contributed by atoms with Crippen molar-refractivity contribution in [2.45, 2.75) is 39.8 Å². The first kappa shape index (κ1) is 21.5. The molecule has 1 N–H and O–H groups in total. The third-order valence-corrected chi connectivity index (χ3v) is 5.79. The smallest absolute Gasteiger partial charge is 0.228 e. The molecule has 166 valence electrons. The van der Waals surface area contributed by atoms with Crippen molar-refractivity contribution in [1.82, 2.24) is 29.6 Å². The highest BCUT2D eigenvalue weighted by Gasteiger charge is 2.27. The Morgan fingerprint density at radius 3 is 2.84 bits per heavy atom. The van der Waals surface area contributed by atoms with E-state index >= 15 is 0 Å². The minimum atomic E-state index is 0.390. The normalized spacial score (nSPS) is 16.9. The summed E-state index contributed by atoms with van der Waals surface area (Å²) >= 11 is 0. The minimum absolute atomic E-state index is 0.390. The minimum Gasteiger partial charge on any atom is -0.380 e. The van der Waals surface area contributed by atoms with Gasteiger partial charge in [-0.3, -0.25) is 4.68 Å². The fourth-order valence-electron chi connectivity index (χ4n) is 4.04. The first-order valence-electron chi connectivity index (χ1n) is 10.9. The number of hydrogen-bond donors (Lipinski definition) is 1. The molecule has 3 aromatic heterocycles. The fourth-order valence-corrected chi connectivity index (χ4v) is 4.04. The number of nitrogens with zero attached hydrogens (tertiary/aromatic N) is 7. The molecule has 31 heavy (non-hydrogen) atoms. The Morgan fingerprint density at radius 2 is 2.13 bits per heavy atom. The molecule has 0 amide bonds. The number of aryl methyl sites for hydroxylation is 2. The zero-order valence-corrected chi connectivity index (χ0v) is 19.1. The van der Waals surface area contributed by atoms with E-state index in [9.17, 15) is 0 Å². The molecule has 9 heteroatoms. The first-order valence-corrected chi connectivity index (χ1v) is 10.9. The van der Waals surface area contributed by atoms with Crippen LogP contribution in [0.2, 0.25) is 0 Å². The van der Waals surface area contributed by atoms with Crippen molar-refractivity contribution in [3.8, 4) is 0 Å². The largest absolute Gasteiger partial charge is 0.380 e. The van der Waals surface area contributed by atoms with Crippen LogP contribution in [0.25, 0.3) is 11.0 Å². The third-order valence-electron chi connectivity index (χ3n) is 5.79. The SMILES string of the molecule is CCOCCn1nc(C)c2nc(N(C)[C@@H]3CCN(C)C3)nc(Nc3cc(C)ccn3)c21. The Morgan fingerprint density at radius 1 is 1.29 bits per heavy atom. The van der Waals surface area contributed by atoms with Gasteiger partial charge in [0.1, 0.15) is 16.9 Å². The van der Waals surface area contributed by atoms with Crippen LogP contribution in [-0.4, -0.2) is 76.1 Å². The van der Waals surface area contributed by atoms with Gasteiger partial charge >= 0.3 is 0 Å². The molecule has 0 aliphatic carbocycles. The highest BCUT2D eigenvalue weighted by atomic mass is 16.5. The van der Waals surface area contributed by atoms with Crippen LogP contribution in [0, 0.1) is 13.8 Å².